The minimum absolute atomic E-state index is 0. The van der Waals surface area contributed by atoms with Gasteiger partial charge in [-0.1, -0.05) is 92.6 Å². The SMILES string of the molecule is C=Cc1ccccc1S(=O)(=O)[O-].C=Cc1ccccc1S(=O)(=O)[O-].C=Cc1ccccc1S(=O)(=O)[O-].[Fe+3]. The monoisotopic (exact) mass is 605 g/mol. The third kappa shape index (κ3) is 11.0. The summed E-state index contributed by atoms with van der Waals surface area (Å²) in [5.41, 5.74) is 1.02. The first-order valence-corrected chi connectivity index (χ1v) is 13.9. The van der Waals surface area contributed by atoms with E-state index in [4.69, 9.17) is 0 Å². The summed E-state index contributed by atoms with van der Waals surface area (Å²) in [6.07, 6.45) is 4.01. The summed E-state index contributed by atoms with van der Waals surface area (Å²) >= 11 is 0. The van der Waals surface area contributed by atoms with Gasteiger partial charge in [-0.2, -0.15) is 0 Å². The molecule has 0 saturated carbocycles. The van der Waals surface area contributed by atoms with Crippen LogP contribution in [0.5, 0.6) is 0 Å². The average Bonchev–Trinajstić information content (AvgIpc) is 2.83. The second-order valence-electron chi connectivity index (χ2n) is 6.59. The maximum Gasteiger partial charge on any atom is 3.00 e. The van der Waals surface area contributed by atoms with Crippen molar-refractivity contribution in [2.75, 3.05) is 0 Å². The molecule has 0 aliphatic heterocycles. The van der Waals surface area contributed by atoms with Crippen molar-refractivity contribution in [3.63, 3.8) is 0 Å². The van der Waals surface area contributed by atoms with E-state index >= 15 is 0 Å². The summed E-state index contributed by atoms with van der Waals surface area (Å²) in [4.78, 5) is -0.667. The Morgan fingerprint density at radius 2 is 0.649 bits per heavy atom. The van der Waals surface area contributed by atoms with Gasteiger partial charge < -0.3 is 13.7 Å². The van der Waals surface area contributed by atoms with Crippen molar-refractivity contribution in [2.24, 2.45) is 0 Å². The second-order valence-corrected chi connectivity index (χ2v) is 10.6. The number of benzene rings is 3. The molecule has 0 atom stereocenters. The molecule has 0 amide bonds. The zero-order chi connectivity index (χ0) is 27.6. The summed E-state index contributed by atoms with van der Waals surface area (Å²) in [6.45, 7) is 10.2. The third-order valence-electron chi connectivity index (χ3n) is 4.22. The summed E-state index contributed by atoms with van der Waals surface area (Å²) < 4.78 is 95.5. The minimum atomic E-state index is -4.37. The average molecular weight is 605 g/mol. The van der Waals surface area contributed by atoms with E-state index < -0.39 is 30.4 Å². The molecule has 0 saturated heterocycles. The fourth-order valence-corrected chi connectivity index (χ4v) is 4.69. The summed E-state index contributed by atoms with van der Waals surface area (Å²) in [5.74, 6) is 0. The molecule has 0 heterocycles. The molecule has 3 rings (SSSR count). The Labute approximate surface area is 227 Å². The van der Waals surface area contributed by atoms with E-state index in [1.54, 1.807) is 18.2 Å². The first kappa shape index (κ1) is 34.1. The molecule has 37 heavy (non-hydrogen) atoms. The fourth-order valence-electron chi connectivity index (χ4n) is 2.63. The smallest absolute Gasteiger partial charge is 0.744 e. The topological polar surface area (TPSA) is 172 Å². The minimum Gasteiger partial charge on any atom is -0.744 e. The van der Waals surface area contributed by atoms with Gasteiger partial charge in [-0.3, -0.25) is 0 Å². The van der Waals surface area contributed by atoms with Gasteiger partial charge in [0.1, 0.15) is 30.4 Å². The van der Waals surface area contributed by atoms with E-state index in [9.17, 15) is 38.9 Å². The van der Waals surface area contributed by atoms with Gasteiger partial charge in [0.15, 0.2) is 0 Å². The first-order chi connectivity index (χ1) is 16.7. The number of rotatable bonds is 6. The van der Waals surface area contributed by atoms with Crippen LogP contribution in [0.1, 0.15) is 16.7 Å². The van der Waals surface area contributed by atoms with E-state index in [1.165, 1.54) is 72.8 Å². The van der Waals surface area contributed by atoms with Gasteiger partial charge in [0.2, 0.25) is 0 Å². The Kier molecular flexibility index (Phi) is 13.6. The van der Waals surface area contributed by atoms with Crippen molar-refractivity contribution in [1.29, 1.82) is 0 Å². The van der Waals surface area contributed by atoms with Crippen LogP contribution in [0, 0.1) is 0 Å². The standard InChI is InChI=1S/3C8H8O3S.Fe/c3*1-2-7-5-3-4-6-8(7)12(9,10)11;/h3*2-6H,1H2,(H,9,10,11);/q;;;+3/p-3. The van der Waals surface area contributed by atoms with Crippen LogP contribution in [-0.2, 0) is 47.4 Å². The van der Waals surface area contributed by atoms with Crippen molar-refractivity contribution < 1.29 is 56.0 Å². The van der Waals surface area contributed by atoms with E-state index in [1.807, 2.05) is 0 Å². The molecule has 13 heteroatoms. The molecule has 0 fully saturated rings. The molecule has 1 radical (unpaired) electrons. The molecule has 0 bridgehead atoms. The van der Waals surface area contributed by atoms with Gasteiger partial charge in [0, 0.05) is 0 Å². The van der Waals surface area contributed by atoms with Crippen LogP contribution < -0.4 is 0 Å². The normalized spacial score (nSPS) is 10.8. The maximum absolute atomic E-state index is 10.6. The largest absolute Gasteiger partial charge is 3.00 e. The molecule has 0 unspecified atom stereocenters. The predicted molar refractivity (Wildman–Crippen MR) is 133 cm³/mol. The molecule has 3 aromatic rings. The van der Waals surface area contributed by atoms with Crippen molar-refractivity contribution in [2.45, 2.75) is 14.7 Å². The third-order valence-corrected chi connectivity index (χ3v) is 6.96. The molecule has 0 spiro atoms. The summed E-state index contributed by atoms with van der Waals surface area (Å²) in [5, 5.41) is 0. The van der Waals surface area contributed by atoms with Crippen molar-refractivity contribution in [3.8, 4) is 0 Å². The molecule has 9 nitrogen and oxygen atoms in total. The van der Waals surface area contributed by atoms with Crippen LogP contribution in [0.15, 0.2) is 107 Å². The molecule has 3 aromatic carbocycles. The molecule has 0 N–H and O–H groups in total. The number of hydrogen-bond acceptors (Lipinski definition) is 9. The Balaban J connectivity index is 0.000000518. The van der Waals surface area contributed by atoms with Crippen molar-refractivity contribution in [1.82, 2.24) is 0 Å². The van der Waals surface area contributed by atoms with Gasteiger partial charge in [-0.25, -0.2) is 25.3 Å². The Bertz CT molecular complexity index is 1370. The van der Waals surface area contributed by atoms with Gasteiger partial charge in [-0.15, -0.1) is 0 Å². The summed E-state index contributed by atoms with van der Waals surface area (Å²) in [7, 11) is -13.1. The van der Waals surface area contributed by atoms with Crippen molar-refractivity contribution in [3.05, 3.63) is 109 Å². The van der Waals surface area contributed by atoms with E-state index in [-0.39, 0.29) is 31.8 Å². The molecule has 0 aromatic heterocycles. The van der Waals surface area contributed by atoms with Crippen LogP contribution in [0.25, 0.3) is 18.2 Å². The predicted octanol–water partition coefficient (Wildman–Crippen LogP) is 3.70. The second kappa shape index (κ2) is 14.8. The number of hydrogen-bond donors (Lipinski definition) is 0. The zero-order valence-electron chi connectivity index (χ0n) is 19.0. The van der Waals surface area contributed by atoms with Crippen LogP contribution >= 0.6 is 0 Å². The van der Waals surface area contributed by atoms with E-state index in [2.05, 4.69) is 19.7 Å². The Morgan fingerprint density at radius 3 is 0.784 bits per heavy atom. The Morgan fingerprint density at radius 1 is 0.459 bits per heavy atom. The molecule has 0 aliphatic rings. The van der Waals surface area contributed by atoms with E-state index in [0.29, 0.717) is 16.7 Å². The van der Waals surface area contributed by atoms with Crippen LogP contribution in [0.3, 0.4) is 0 Å². The van der Waals surface area contributed by atoms with Crippen LogP contribution in [0.4, 0.5) is 0 Å². The molecule has 0 aliphatic carbocycles. The van der Waals surface area contributed by atoms with Gasteiger partial charge in [0.25, 0.3) is 0 Å². The first-order valence-electron chi connectivity index (χ1n) is 9.69. The summed E-state index contributed by atoms with van der Waals surface area (Å²) in [6, 6.07) is 17.8. The Hall–Kier alpha value is -2.87. The molecular formula is C24H21FeO9S3. The van der Waals surface area contributed by atoms with Gasteiger partial charge >= 0.3 is 17.1 Å². The fraction of sp³-hybridized carbons (Fsp3) is 0. The maximum atomic E-state index is 10.6. The van der Waals surface area contributed by atoms with E-state index in [0.717, 1.165) is 0 Å². The van der Waals surface area contributed by atoms with Crippen LogP contribution in [0.2, 0.25) is 0 Å². The molecule has 197 valence electrons. The molecular weight excluding hydrogens is 584 g/mol. The van der Waals surface area contributed by atoms with Crippen molar-refractivity contribution >= 4 is 48.6 Å². The van der Waals surface area contributed by atoms with Gasteiger partial charge in [0.05, 0.1) is 14.7 Å². The van der Waals surface area contributed by atoms with Gasteiger partial charge in [-0.05, 0) is 34.9 Å². The zero-order valence-corrected chi connectivity index (χ0v) is 22.6. The van der Waals surface area contributed by atoms with Crippen LogP contribution in [-0.4, -0.2) is 38.9 Å². The quantitative estimate of drug-likeness (QED) is 0.300.